The third kappa shape index (κ3) is 2.11. The van der Waals surface area contributed by atoms with Crippen LogP contribution >= 0.6 is 11.6 Å². The zero-order valence-corrected chi connectivity index (χ0v) is 10.6. The summed E-state index contributed by atoms with van der Waals surface area (Å²) in [6, 6.07) is 5.16. The third-order valence-corrected chi connectivity index (χ3v) is 2.67. The minimum absolute atomic E-state index is 0.138. The van der Waals surface area contributed by atoms with Gasteiger partial charge in [0.25, 0.3) is 0 Å². The lowest BCUT2D eigenvalue weighted by molar-refractivity contribution is 0.101. The molecule has 2 heterocycles. The van der Waals surface area contributed by atoms with Crippen molar-refractivity contribution < 1.29 is 4.79 Å². The molecule has 90 valence electrons. The zero-order chi connectivity index (χ0) is 13.3. The Balaban J connectivity index is 2.66. The van der Waals surface area contributed by atoms with Crippen molar-refractivity contribution in [2.45, 2.75) is 13.8 Å². The molecule has 0 aromatic carbocycles. The summed E-state index contributed by atoms with van der Waals surface area (Å²) in [5.74, 6) is 0.195. The van der Waals surface area contributed by atoms with Crippen LogP contribution in [-0.4, -0.2) is 20.5 Å². The van der Waals surface area contributed by atoms with E-state index in [9.17, 15) is 4.79 Å². The maximum Gasteiger partial charge on any atom is 0.165 e. The Labute approximate surface area is 109 Å². The van der Waals surface area contributed by atoms with E-state index in [0.717, 1.165) is 0 Å². The van der Waals surface area contributed by atoms with E-state index >= 15 is 0 Å². The Morgan fingerprint density at radius 3 is 2.78 bits per heavy atom. The van der Waals surface area contributed by atoms with Gasteiger partial charge in [-0.3, -0.25) is 4.79 Å². The highest BCUT2D eigenvalue weighted by Crippen LogP contribution is 2.17. The summed E-state index contributed by atoms with van der Waals surface area (Å²) in [5, 5.41) is 13.3. The third-order valence-electron chi connectivity index (χ3n) is 2.46. The first-order valence-electron chi connectivity index (χ1n) is 5.17. The van der Waals surface area contributed by atoms with Gasteiger partial charge in [-0.05, 0) is 26.0 Å². The number of ketones is 1. The van der Waals surface area contributed by atoms with Crippen LogP contribution in [0.25, 0.3) is 5.82 Å². The molecule has 0 amide bonds. The van der Waals surface area contributed by atoms with Crippen LogP contribution in [0.15, 0.2) is 18.3 Å². The lowest BCUT2D eigenvalue weighted by atomic mass is 10.2. The summed E-state index contributed by atoms with van der Waals surface area (Å²) >= 11 is 5.82. The normalized spacial score (nSPS) is 10.1. The van der Waals surface area contributed by atoms with E-state index in [2.05, 4.69) is 10.1 Å². The first kappa shape index (κ1) is 12.3. The van der Waals surface area contributed by atoms with Gasteiger partial charge in [0.2, 0.25) is 0 Å². The molecule has 2 rings (SSSR count). The van der Waals surface area contributed by atoms with E-state index in [1.165, 1.54) is 17.8 Å². The van der Waals surface area contributed by atoms with Crippen LogP contribution in [-0.2, 0) is 0 Å². The van der Waals surface area contributed by atoms with Crippen LogP contribution in [0.3, 0.4) is 0 Å². The highest BCUT2D eigenvalue weighted by atomic mass is 35.5. The van der Waals surface area contributed by atoms with Crippen LogP contribution in [0.1, 0.15) is 28.5 Å². The molecular weight excluding hydrogens is 252 g/mol. The van der Waals surface area contributed by atoms with Gasteiger partial charge in [0, 0.05) is 0 Å². The van der Waals surface area contributed by atoms with Crippen LogP contribution in [0.2, 0.25) is 5.15 Å². The van der Waals surface area contributed by atoms with Crippen molar-refractivity contribution in [1.29, 1.82) is 5.26 Å². The van der Waals surface area contributed by atoms with Gasteiger partial charge in [-0.15, -0.1) is 0 Å². The number of nitriles is 1. The number of nitrogens with zero attached hydrogens (tertiary/aromatic N) is 4. The van der Waals surface area contributed by atoms with Crippen molar-refractivity contribution in [3.8, 4) is 11.9 Å². The Morgan fingerprint density at radius 1 is 1.50 bits per heavy atom. The van der Waals surface area contributed by atoms with Crippen molar-refractivity contribution in [2.24, 2.45) is 0 Å². The number of carbonyl (C=O) groups is 1. The second-order valence-corrected chi connectivity index (χ2v) is 4.13. The van der Waals surface area contributed by atoms with Gasteiger partial charge in [-0.2, -0.15) is 10.4 Å². The number of pyridine rings is 1. The van der Waals surface area contributed by atoms with Gasteiger partial charge < -0.3 is 0 Å². The van der Waals surface area contributed by atoms with Crippen LogP contribution in [0.5, 0.6) is 0 Å². The lowest BCUT2D eigenvalue weighted by Crippen LogP contribution is -2.07. The van der Waals surface area contributed by atoms with Crippen molar-refractivity contribution in [3.63, 3.8) is 0 Å². The molecular formula is C12H9ClN4O. The quantitative estimate of drug-likeness (QED) is 0.614. The molecule has 18 heavy (non-hydrogen) atoms. The van der Waals surface area contributed by atoms with Crippen molar-refractivity contribution in [1.82, 2.24) is 14.8 Å². The molecule has 2 aromatic heterocycles. The summed E-state index contributed by atoms with van der Waals surface area (Å²) in [6.07, 6.45) is 1.53. The van der Waals surface area contributed by atoms with E-state index in [1.54, 1.807) is 19.1 Å². The highest BCUT2D eigenvalue weighted by molar-refractivity contribution is 6.29. The number of aromatic nitrogens is 3. The predicted molar refractivity (Wildman–Crippen MR) is 65.8 cm³/mol. The van der Waals surface area contributed by atoms with E-state index < -0.39 is 0 Å². The summed E-state index contributed by atoms with van der Waals surface area (Å²) in [6.45, 7) is 3.16. The molecule has 0 atom stereocenters. The molecule has 0 spiro atoms. The Kier molecular flexibility index (Phi) is 3.13. The van der Waals surface area contributed by atoms with E-state index in [1.807, 2.05) is 6.07 Å². The van der Waals surface area contributed by atoms with Crippen molar-refractivity contribution >= 4 is 17.4 Å². The molecule has 0 aliphatic heterocycles. The van der Waals surface area contributed by atoms with E-state index in [4.69, 9.17) is 16.9 Å². The number of halogens is 1. The first-order chi connectivity index (χ1) is 8.52. The first-order valence-corrected chi connectivity index (χ1v) is 5.55. The van der Waals surface area contributed by atoms with Gasteiger partial charge in [-0.1, -0.05) is 11.6 Å². The summed E-state index contributed by atoms with van der Waals surface area (Å²) in [7, 11) is 0. The van der Waals surface area contributed by atoms with Gasteiger partial charge in [0.1, 0.15) is 11.2 Å². The molecule has 0 saturated carbocycles. The molecule has 0 saturated heterocycles. The standard InChI is InChI=1S/C12H9ClN4O/c1-7-9(5-14)6-17(16-7)12-10(8(2)18)3-4-11(13)15-12/h3-4,6H,1-2H3. The summed E-state index contributed by atoms with van der Waals surface area (Å²) in [5.41, 5.74) is 1.42. The fraction of sp³-hybridized carbons (Fsp3) is 0.167. The zero-order valence-electron chi connectivity index (χ0n) is 9.81. The number of Topliss-reactive ketones (excluding diaryl/α,β-unsaturated/α-hetero) is 1. The number of aryl methyl sites for hydroxylation is 1. The molecule has 0 fully saturated rings. The minimum Gasteiger partial charge on any atom is -0.294 e. The average Bonchev–Trinajstić information content (AvgIpc) is 2.70. The molecule has 0 unspecified atom stereocenters. The summed E-state index contributed by atoms with van der Waals surface area (Å²) in [4.78, 5) is 15.6. The minimum atomic E-state index is -0.138. The highest BCUT2D eigenvalue weighted by Gasteiger charge is 2.14. The van der Waals surface area contributed by atoms with Crippen LogP contribution in [0.4, 0.5) is 0 Å². The molecule has 5 nitrogen and oxygen atoms in total. The molecule has 2 aromatic rings. The van der Waals surface area contributed by atoms with Gasteiger partial charge in [-0.25, -0.2) is 9.67 Å². The SMILES string of the molecule is CC(=O)c1ccc(Cl)nc1-n1cc(C#N)c(C)n1. The summed E-state index contributed by atoms with van der Waals surface area (Å²) < 4.78 is 1.40. The van der Waals surface area contributed by atoms with Gasteiger partial charge in [0.15, 0.2) is 11.6 Å². The van der Waals surface area contributed by atoms with E-state index in [-0.39, 0.29) is 10.9 Å². The monoisotopic (exact) mass is 260 g/mol. The van der Waals surface area contributed by atoms with Gasteiger partial charge in [0.05, 0.1) is 23.0 Å². The number of hydrogen-bond donors (Lipinski definition) is 0. The van der Waals surface area contributed by atoms with E-state index in [0.29, 0.717) is 22.6 Å². The molecule has 0 aliphatic rings. The number of hydrogen-bond acceptors (Lipinski definition) is 4. The molecule has 0 radical (unpaired) electrons. The van der Waals surface area contributed by atoms with Crippen molar-refractivity contribution in [2.75, 3.05) is 0 Å². The number of rotatable bonds is 2. The fourth-order valence-corrected chi connectivity index (χ4v) is 1.70. The average molecular weight is 261 g/mol. The Bertz CT molecular complexity index is 669. The maximum atomic E-state index is 11.5. The van der Waals surface area contributed by atoms with Crippen LogP contribution in [0, 0.1) is 18.3 Å². The molecule has 0 aliphatic carbocycles. The molecule has 6 heteroatoms. The Hall–Kier alpha value is -2.19. The predicted octanol–water partition coefficient (Wildman–Crippen LogP) is 2.30. The fourth-order valence-electron chi connectivity index (χ4n) is 1.55. The Morgan fingerprint density at radius 2 is 2.22 bits per heavy atom. The second kappa shape index (κ2) is 4.59. The largest absolute Gasteiger partial charge is 0.294 e. The second-order valence-electron chi connectivity index (χ2n) is 3.75. The maximum absolute atomic E-state index is 11.5. The smallest absolute Gasteiger partial charge is 0.165 e. The molecule has 0 N–H and O–H groups in total. The molecule has 0 bridgehead atoms. The van der Waals surface area contributed by atoms with Crippen LogP contribution < -0.4 is 0 Å². The number of carbonyl (C=O) groups excluding carboxylic acids is 1. The topological polar surface area (TPSA) is 71.6 Å². The van der Waals surface area contributed by atoms with Gasteiger partial charge >= 0.3 is 0 Å². The van der Waals surface area contributed by atoms with Crippen molar-refractivity contribution in [3.05, 3.63) is 40.3 Å². The lowest BCUT2D eigenvalue weighted by Gasteiger charge is -2.05.